The number of nitrogens with zero attached hydrogens (tertiary/aromatic N) is 3. The summed E-state index contributed by atoms with van der Waals surface area (Å²) < 4.78 is 15.1. The lowest BCUT2D eigenvalue weighted by Gasteiger charge is -2.21. The van der Waals surface area contributed by atoms with Gasteiger partial charge in [0.15, 0.2) is 0 Å². The van der Waals surface area contributed by atoms with Crippen molar-refractivity contribution in [1.29, 1.82) is 0 Å². The molecule has 0 saturated heterocycles. The average Bonchev–Trinajstić information content (AvgIpc) is 3.31. The Kier molecular flexibility index (Phi) is 10.3. The first-order valence-corrected chi connectivity index (χ1v) is 12.4. The Balaban J connectivity index is 1.51. The first-order valence-electron chi connectivity index (χ1n) is 11.6. The normalized spacial score (nSPS) is 11.7. The van der Waals surface area contributed by atoms with Gasteiger partial charge in [-0.2, -0.15) is 4.37 Å². The Bertz CT molecular complexity index is 1010. The van der Waals surface area contributed by atoms with E-state index in [-0.39, 0.29) is 11.9 Å². The summed E-state index contributed by atoms with van der Waals surface area (Å²) in [5, 5.41) is 3.93. The summed E-state index contributed by atoms with van der Waals surface area (Å²) in [6.45, 7) is 3.83. The van der Waals surface area contributed by atoms with Gasteiger partial charge in [-0.05, 0) is 43.0 Å². The number of aryl methyl sites for hydroxylation is 1. The highest BCUT2D eigenvalue weighted by Crippen LogP contribution is 2.21. The second kappa shape index (κ2) is 13.7. The minimum atomic E-state index is 0.0455. The van der Waals surface area contributed by atoms with Gasteiger partial charge in [0, 0.05) is 50.6 Å². The maximum absolute atomic E-state index is 12.6. The number of carbonyl (C=O) groups excluding carboxylic acids is 1. The molecule has 0 aliphatic rings. The number of hydrogen-bond donors (Lipinski definition) is 1. The van der Waals surface area contributed by atoms with Gasteiger partial charge >= 0.3 is 0 Å². The van der Waals surface area contributed by atoms with Gasteiger partial charge in [-0.1, -0.05) is 42.5 Å². The van der Waals surface area contributed by atoms with Gasteiger partial charge < -0.3 is 19.7 Å². The second-order valence-electron chi connectivity index (χ2n) is 8.24. The Hall–Kier alpha value is -2.97. The van der Waals surface area contributed by atoms with Gasteiger partial charge in [-0.25, -0.2) is 4.98 Å². The van der Waals surface area contributed by atoms with E-state index in [9.17, 15) is 4.79 Å². The van der Waals surface area contributed by atoms with E-state index in [0.717, 1.165) is 35.1 Å². The zero-order valence-electron chi connectivity index (χ0n) is 20.2. The van der Waals surface area contributed by atoms with E-state index >= 15 is 0 Å². The van der Waals surface area contributed by atoms with Crippen LogP contribution < -0.4 is 15.0 Å². The van der Waals surface area contributed by atoms with Crippen molar-refractivity contribution in [3.05, 3.63) is 71.5 Å². The molecular formula is C26H34N4O3S. The molecule has 1 amide bonds. The van der Waals surface area contributed by atoms with Crippen LogP contribution in [-0.2, 0) is 22.4 Å². The molecule has 0 bridgehead atoms. The number of aromatic nitrogens is 2. The number of rotatable bonds is 14. The van der Waals surface area contributed by atoms with Crippen LogP contribution in [0.15, 0.2) is 54.6 Å². The standard InChI is InChI=1S/C26H34N4O3S/c1-20(12-13-21-8-5-4-6-9-21)27-25(31)14-15-30(16-17-32-2)26-28-24(29-34-26)19-22-10-7-11-23(18-22)33-3/h4-11,18,20H,12-17,19H2,1-3H3,(H,27,31). The maximum atomic E-state index is 12.6. The molecule has 7 nitrogen and oxygen atoms in total. The van der Waals surface area contributed by atoms with Gasteiger partial charge in [0.1, 0.15) is 11.6 Å². The van der Waals surface area contributed by atoms with Crippen LogP contribution >= 0.6 is 11.5 Å². The molecular weight excluding hydrogens is 448 g/mol. The smallest absolute Gasteiger partial charge is 0.221 e. The van der Waals surface area contributed by atoms with Gasteiger partial charge in [0.05, 0.1) is 13.7 Å². The third kappa shape index (κ3) is 8.43. The predicted octanol–water partition coefficient (Wildman–Crippen LogP) is 4.12. The lowest BCUT2D eigenvalue weighted by Crippen LogP contribution is -2.36. The van der Waals surface area contributed by atoms with E-state index < -0.39 is 0 Å². The number of hydrogen-bond acceptors (Lipinski definition) is 7. The summed E-state index contributed by atoms with van der Waals surface area (Å²) in [6, 6.07) is 18.4. The Morgan fingerprint density at radius 2 is 1.88 bits per heavy atom. The Labute approximate surface area is 206 Å². The van der Waals surface area contributed by atoms with E-state index in [1.807, 2.05) is 42.5 Å². The summed E-state index contributed by atoms with van der Waals surface area (Å²) in [5.74, 6) is 1.62. The van der Waals surface area contributed by atoms with Crippen LogP contribution in [0, 0.1) is 0 Å². The first-order chi connectivity index (χ1) is 16.6. The van der Waals surface area contributed by atoms with Crippen molar-refractivity contribution in [3.8, 4) is 5.75 Å². The fourth-order valence-corrected chi connectivity index (χ4v) is 4.33. The Morgan fingerprint density at radius 3 is 2.65 bits per heavy atom. The highest BCUT2D eigenvalue weighted by Gasteiger charge is 2.16. The largest absolute Gasteiger partial charge is 0.497 e. The van der Waals surface area contributed by atoms with Crippen molar-refractivity contribution in [1.82, 2.24) is 14.7 Å². The second-order valence-corrected chi connectivity index (χ2v) is 8.97. The number of ether oxygens (including phenoxy) is 2. The number of anilines is 1. The van der Waals surface area contributed by atoms with Crippen LogP contribution in [0.1, 0.15) is 36.7 Å². The molecule has 3 aromatic rings. The van der Waals surface area contributed by atoms with Crippen LogP contribution in [0.3, 0.4) is 0 Å². The number of methoxy groups -OCH3 is 2. The molecule has 1 aromatic heterocycles. The zero-order valence-corrected chi connectivity index (χ0v) is 21.0. The molecule has 1 heterocycles. The molecule has 0 saturated carbocycles. The molecule has 1 atom stereocenters. The van der Waals surface area contributed by atoms with Crippen molar-refractivity contribution in [2.75, 3.05) is 38.8 Å². The zero-order chi connectivity index (χ0) is 24.2. The highest BCUT2D eigenvalue weighted by atomic mass is 32.1. The molecule has 0 aliphatic carbocycles. The van der Waals surface area contributed by atoms with Crippen molar-refractivity contribution in [2.45, 2.75) is 38.6 Å². The Morgan fingerprint density at radius 1 is 1.09 bits per heavy atom. The van der Waals surface area contributed by atoms with Crippen LogP contribution in [0.2, 0.25) is 0 Å². The molecule has 2 aromatic carbocycles. The minimum Gasteiger partial charge on any atom is -0.497 e. The van der Waals surface area contributed by atoms with Crippen molar-refractivity contribution in [2.24, 2.45) is 0 Å². The quantitative estimate of drug-likeness (QED) is 0.373. The number of nitrogens with one attached hydrogen (secondary N) is 1. The number of carbonyl (C=O) groups is 1. The van der Waals surface area contributed by atoms with Crippen molar-refractivity contribution < 1.29 is 14.3 Å². The SMILES string of the molecule is COCCN(CCC(=O)NC(C)CCc1ccccc1)c1nc(Cc2cccc(OC)c2)ns1. The molecule has 1 N–H and O–H groups in total. The van der Waals surface area contributed by atoms with Crippen LogP contribution in [-0.4, -0.2) is 55.2 Å². The van der Waals surface area contributed by atoms with Crippen LogP contribution in [0.25, 0.3) is 0 Å². The molecule has 182 valence electrons. The van der Waals surface area contributed by atoms with Gasteiger partial charge in [-0.15, -0.1) is 0 Å². The van der Waals surface area contributed by atoms with E-state index in [2.05, 4.69) is 33.6 Å². The molecule has 34 heavy (non-hydrogen) atoms. The lowest BCUT2D eigenvalue weighted by atomic mass is 10.1. The molecule has 0 radical (unpaired) electrons. The van der Waals surface area contributed by atoms with Crippen LogP contribution in [0.5, 0.6) is 5.75 Å². The van der Waals surface area contributed by atoms with Crippen LogP contribution in [0.4, 0.5) is 5.13 Å². The van der Waals surface area contributed by atoms with E-state index in [1.54, 1.807) is 14.2 Å². The van der Waals surface area contributed by atoms with Gasteiger partial charge in [0.25, 0.3) is 0 Å². The van der Waals surface area contributed by atoms with Crippen molar-refractivity contribution >= 4 is 22.6 Å². The summed E-state index contributed by atoms with van der Waals surface area (Å²) >= 11 is 1.35. The van der Waals surface area contributed by atoms with E-state index in [1.165, 1.54) is 17.1 Å². The summed E-state index contributed by atoms with van der Waals surface area (Å²) in [6.07, 6.45) is 2.88. The fraction of sp³-hybridized carbons (Fsp3) is 0.423. The highest BCUT2D eigenvalue weighted by molar-refractivity contribution is 7.09. The minimum absolute atomic E-state index is 0.0455. The predicted molar refractivity (Wildman–Crippen MR) is 137 cm³/mol. The molecule has 8 heteroatoms. The third-order valence-corrected chi connectivity index (χ3v) is 6.33. The van der Waals surface area contributed by atoms with Gasteiger partial charge in [0.2, 0.25) is 11.0 Å². The van der Waals surface area contributed by atoms with Crippen molar-refractivity contribution in [3.63, 3.8) is 0 Å². The summed E-state index contributed by atoms with van der Waals surface area (Å²) in [5.41, 5.74) is 2.38. The fourth-order valence-electron chi connectivity index (χ4n) is 3.60. The van der Waals surface area contributed by atoms with E-state index in [4.69, 9.17) is 14.5 Å². The monoisotopic (exact) mass is 482 g/mol. The number of amides is 1. The summed E-state index contributed by atoms with van der Waals surface area (Å²) in [7, 11) is 3.33. The molecule has 0 spiro atoms. The third-order valence-electron chi connectivity index (χ3n) is 5.51. The number of benzene rings is 2. The lowest BCUT2D eigenvalue weighted by molar-refractivity contribution is -0.121. The molecule has 3 rings (SSSR count). The molecule has 0 aliphatic heterocycles. The summed E-state index contributed by atoms with van der Waals surface area (Å²) in [4.78, 5) is 19.4. The molecule has 0 fully saturated rings. The van der Waals surface area contributed by atoms with E-state index in [0.29, 0.717) is 32.5 Å². The maximum Gasteiger partial charge on any atom is 0.221 e. The van der Waals surface area contributed by atoms with Gasteiger partial charge in [-0.3, -0.25) is 4.79 Å². The first kappa shape index (κ1) is 25.6. The topological polar surface area (TPSA) is 76.6 Å². The average molecular weight is 483 g/mol. The molecule has 1 unspecified atom stereocenters.